The van der Waals surface area contributed by atoms with E-state index in [1.165, 1.54) is 24.6 Å². The molecule has 0 unspecified atom stereocenters. The summed E-state index contributed by atoms with van der Waals surface area (Å²) < 4.78 is 28.2. The van der Waals surface area contributed by atoms with Gasteiger partial charge < -0.3 is 0 Å². The first-order valence-electron chi connectivity index (χ1n) is 6.03. The molecule has 2 aromatic carbocycles. The standard InChI is InChI=1S/C14H10Br2F2N4/c15-9-1-3-13(11(17)7-9)21-19-5-6-20-22-14-4-2-10(16)8-12(14)18/h1-8,21-22H/b19-5+,20-6+. The topological polar surface area (TPSA) is 48.8 Å². The van der Waals surface area contributed by atoms with Gasteiger partial charge in [-0.2, -0.15) is 10.2 Å². The number of benzene rings is 2. The molecule has 0 radical (unpaired) electrons. The second kappa shape index (κ2) is 8.00. The van der Waals surface area contributed by atoms with Gasteiger partial charge in [-0.25, -0.2) is 8.78 Å². The molecule has 0 bridgehead atoms. The van der Waals surface area contributed by atoms with E-state index in [4.69, 9.17) is 0 Å². The second-order valence-electron chi connectivity index (χ2n) is 4.03. The van der Waals surface area contributed by atoms with Crippen molar-refractivity contribution >= 4 is 55.7 Å². The van der Waals surface area contributed by atoms with Gasteiger partial charge >= 0.3 is 0 Å². The summed E-state index contributed by atoms with van der Waals surface area (Å²) in [4.78, 5) is 0. The maximum atomic E-state index is 13.5. The highest BCUT2D eigenvalue weighted by Gasteiger charge is 2.01. The summed E-state index contributed by atoms with van der Waals surface area (Å²) in [7, 11) is 0. The Hall–Kier alpha value is -1.80. The molecule has 0 heterocycles. The summed E-state index contributed by atoms with van der Waals surface area (Å²) in [6.45, 7) is 0. The molecule has 8 heteroatoms. The lowest BCUT2D eigenvalue weighted by atomic mass is 10.3. The predicted octanol–water partition coefficient (Wildman–Crippen LogP) is 4.99. The molecular weight excluding hydrogens is 422 g/mol. The van der Waals surface area contributed by atoms with Gasteiger partial charge in [0.25, 0.3) is 0 Å². The molecule has 0 aliphatic rings. The Kier molecular flexibility index (Phi) is 6.02. The van der Waals surface area contributed by atoms with Crippen molar-refractivity contribution in [1.29, 1.82) is 0 Å². The Balaban J connectivity index is 1.87. The minimum Gasteiger partial charge on any atom is -0.275 e. The summed E-state index contributed by atoms with van der Waals surface area (Å²) in [5.41, 5.74) is 5.54. The predicted molar refractivity (Wildman–Crippen MR) is 92.4 cm³/mol. The molecule has 0 atom stereocenters. The Labute approximate surface area is 142 Å². The molecule has 0 aliphatic heterocycles. The molecule has 0 saturated carbocycles. The van der Waals surface area contributed by atoms with E-state index < -0.39 is 11.6 Å². The molecule has 0 aromatic heterocycles. The number of anilines is 2. The maximum Gasteiger partial charge on any atom is 0.149 e. The third-order valence-electron chi connectivity index (χ3n) is 2.45. The largest absolute Gasteiger partial charge is 0.275 e. The fourth-order valence-corrected chi connectivity index (χ4v) is 2.11. The minimum absolute atomic E-state index is 0.236. The number of hydrazone groups is 2. The molecule has 0 saturated heterocycles. The van der Waals surface area contributed by atoms with E-state index in [0.29, 0.717) is 8.95 Å². The van der Waals surface area contributed by atoms with Crippen LogP contribution in [-0.2, 0) is 0 Å². The number of rotatable bonds is 5. The number of hydrogen-bond donors (Lipinski definition) is 2. The lowest BCUT2D eigenvalue weighted by molar-refractivity contribution is 0.629. The SMILES string of the molecule is Fc1cc(Br)ccc1N/N=C/C=N/Nc1ccc(Br)cc1F. The second-order valence-corrected chi connectivity index (χ2v) is 5.86. The summed E-state index contributed by atoms with van der Waals surface area (Å²) in [5, 5.41) is 7.56. The average molecular weight is 432 g/mol. The number of nitrogens with zero attached hydrogens (tertiary/aromatic N) is 2. The summed E-state index contributed by atoms with van der Waals surface area (Å²) in [5.74, 6) is -0.864. The fourth-order valence-electron chi connectivity index (χ4n) is 1.44. The zero-order valence-corrected chi connectivity index (χ0v) is 14.2. The number of nitrogens with one attached hydrogen (secondary N) is 2. The smallest absolute Gasteiger partial charge is 0.149 e. The van der Waals surface area contributed by atoms with Crippen LogP contribution in [0.1, 0.15) is 0 Å². The van der Waals surface area contributed by atoms with Crippen LogP contribution in [-0.4, -0.2) is 12.4 Å². The third-order valence-corrected chi connectivity index (χ3v) is 3.43. The lowest BCUT2D eigenvalue weighted by Crippen LogP contribution is -1.96. The van der Waals surface area contributed by atoms with Crippen LogP contribution in [0.2, 0.25) is 0 Å². The van der Waals surface area contributed by atoms with Gasteiger partial charge in [0, 0.05) is 8.95 Å². The number of hydrogen-bond acceptors (Lipinski definition) is 4. The van der Waals surface area contributed by atoms with Crippen molar-refractivity contribution in [3.05, 3.63) is 57.0 Å². The normalized spacial score (nSPS) is 11.3. The van der Waals surface area contributed by atoms with Crippen LogP contribution < -0.4 is 10.9 Å². The van der Waals surface area contributed by atoms with Crippen molar-refractivity contribution in [2.75, 3.05) is 10.9 Å². The quantitative estimate of drug-likeness (QED) is 0.517. The monoisotopic (exact) mass is 430 g/mol. The van der Waals surface area contributed by atoms with Crippen LogP contribution >= 0.6 is 31.9 Å². The molecule has 0 spiro atoms. The highest BCUT2D eigenvalue weighted by molar-refractivity contribution is 9.10. The Morgan fingerprint density at radius 1 is 0.773 bits per heavy atom. The number of halogens is 4. The van der Waals surface area contributed by atoms with Gasteiger partial charge in [0.1, 0.15) is 11.6 Å². The first-order chi connectivity index (χ1) is 10.6. The maximum absolute atomic E-state index is 13.5. The Morgan fingerprint density at radius 2 is 1.18 bits per heavy atom. The molecule has 4 nitrogen and oxygen atoms in total. The van der Waals surface area contributed by atoms with E-state index in [-0.39, 0.29) is 11.4 Å². The Morgan fingerprint density at radius 3 is 1.55 bits per heavy atom. The van der Waals surface area contributed by atoms with Crippen LogP contribution in [0.4, 0.5) is 20.2 Å². The van der Waals surface area contributed by atoms with Crippen LogP contribution in [0.15, 0.2) is 55.5 Å². The van der Waals surface area contributed by atoms with E-state index in [0.717, 1.165) is 0 Å². The van der Waals surface area contributed by atoms with Crippen molar-refractivity contribution in [3.8, 4) is 0 Å². The highest BCUT2D eigenvalue weighted by Crippen LogP contribution is 2.19. The molecule has 2 rings (SSSR count). The molecule has 0 aliphatic carbocycles. The van der Waals surface area contributed by atoms with Gasteiger partial charge in [-0.15, -0.1) is 0 Å². The van der Waals surface area contributed by atoms with E-state index in [9.17, 15) is 8.78 Å². The zero-order chi connectivity index (χ0) is 15.9. The molecule has 114 valence electrons. The zero-order valence-electron chi connectivity index (χ0n) is 11.0. The lowest BCUT2D eigenvalue weighted by Gasteiger charge is -2.02. The Bertz CT molecular complexity index is 658. The molecule has 0 amide bonds. The van der Waals surface area contributed by atoms with Crippen LogP contribution in [0, 0.1) is 11.6 Å². The highest BCUT2D eigenvalue weighted by atomic mass is 79.9. The van der Waals surface area contributed by atoms with Crippen molar-refractivity contribution in [2.24, 2.45) is 10.2 Å². The molecule has 2 N–H and O–H groups in total. The van der Waals surface area contributed by atoms with E-state index in [1.807, 2.05) is 0 Å². The van der Waals surface area contributed by atoms with Gasteiger partial charge in [-0.1, -0.05) is 31.9 Å². The van der Waals surface area contributed by atoms with E-state index in [2.05, 4.69) is 52.9 Å². The molecule has 22 heavy (non-hydrogen) atoms. The molecule has 2 aromatic rings. The van der Waals surface area contributed by atoms with Crippen molar-refractivity contribution < 1.29 is 8.78 Å². The van der Waals surface area contributed by atoms with Crippen molar-refractivity contribution in [3.63, 3.8) is 0 Å². The fraction of sp³-hybridized carbons (Fsp3) is 0. The third kappa shape index (κ3) is 4.88. The van der Waals surface area contributed by atoms with Gasteiger partial charge in [-0.05, 0) is 36.4 Å². The first kappa shape index (κ1) is 16.6. The molecular formula is C14H10Br2F2N4. The van der Waals surface area contributed by atoms with Crippen LogP contribution in [0.3, 0.4) is 0 Å². The van der Waals surface area contributed by atoms with Gasteiger partial charge in [0.2, 0.25) is 0 Å². The summed E-state index contributed by atoms with van der Waals surface area (Å²) in [6, 6.07) is 9.11. The minimum atomic E-state index is -0.432. The van der Waals surface area contributed by atoms with Crippen LogP contribution in [0.5, 0.6) is 0 Å². The summed E-state index contributed by atoms with van der Waals surface area (Å²) in [6.07, 6.45) is 2.62. The van der Waals surface area contributed by atoms with Gasteiger partial charge in [-0.3, -0.25) is 10.9 Å². The van der Waals surface area contributed by atoms with Crippen LogP contribution in [0.25, 0.3) is 0 Å². The average Bonchev–Trinajstić information content (AvgIpc) is 2.46. The molecule has 0 fully saturated rings. The van der Waals surface area contributed by atoms with E-state index in [1.54, 1.807) is 24.3 Å². The van der Waals surface area contributed by atoms with Crippen molar-refractivity contribution in [2.45, 2.75) is 0 Å². The van der Waals surface area contributed by atoms with Gasteiger partial charge in [0.05, 0.1) is 23.8 Å². The van der Waals surface area contributed by atoms with E-state index >= 15 is 0 Å². The van der Waals surface area contributed by atoms with Gasteiger partial charge in [0.15, 0.2) is 0 Å². The summed E-state index contributed by atoms with van der Waals surface area (Å²) >= 11 is 6.32. The van der Waals surface area contributed by atoms with Crippen molar-refractivity contribution in [1.82, 2.24) is 0 Å². The first-order valence-corrected chi connectivity index (χ1v) is 7.61.